The zero-order chi connectivity index (χ0) is 21.2. The lowest BCUT2D eigenvalue weighted by Gasteiger charge is -2.60. The Hall–Kier alpha value is -1.49. The summed E-state index contributed by atoms with van der Waals surface area (Å²) < 4.78 is 11.7. The molecule has 0 spiro atoms. The summed E-state index contributed by atoms with van der Waals surface area (Å²) in [5.41, 5.74) is -0.193. The molecule has 0 saturated heterocycles. The number of hydrogen-bond acceptors (Lipinski definition) is 5. The smallest absolute Gasteiger partial charge is 0.303 e. The topological polar surface area (TPSA) is 69.7 Å². The minimum Gasteiger partial charge on any atom is -0.451 e. The highest BCUT2D eigenvalue weighted by molar-refractivity contribution is 5.92. The van der Waals surface area contributed by atoms with Gasteiger partial charge >= 0.3 is 5.97 Å². The Labute approximate surface area is 173 Å². The first-order valence-corrected chi connectivity index (χ1v) is 11.1. The van der Waals surface area contributed by atoms with Gasteiger partial charge in [0, 0.05) is 25.9 Å². The van der Waals surface area contributed by atoms with Crippen LogP contribution in [0.5, 0.6) is 0 Å². The predicted molar refractivity (Wildman–Crippen MR) is 108 cm³/mol. The summed E-state index contributed by atoms with van der Waals surface area (Å²) in [6.07, 6.45) is 7.55. The van der Waals surface area contributed by atoms with Crippen LogP contribution < -0.4 is 0 Å². The average Bonchev–Trinajstić information content (AvgIpc) is 2.95. The second kappa shape index (κ2) is 6.76. The van der Waals surface area contributed by atoms with E-state index in [9.17, 15) is 14.4 Å². The number of carbonyl (C=O) groups excluding carboxylic acids is 3. The van der Waals surface area contributed by atoms with Crippen LogP contribution in [0.1, 0.15) is 72.6 Å². The summed E-state index contributed by atoms with van der Waals surface area (Å²) in [6, 6.07) is 0. The molecule has 0 aromatic heterocycles. The Morgan fingerprint density at radius 2 is 1.76 bits per heavy atom. The second-order valence-electron chi connectivity index (χ2n) is 10.3. The molecule has 0 aliphatic heterocycles. The fraction of sp³-hybridized carbons (Fsp3) is 0.792. The maximum absolute atomic E-state index is 12.8. The van der Waals surface area contributed by atoms with Crippen molar-refractivity contribution < 1.29 is 23.9 Å². The number of rotatable bonds is 3. The second-order valence-corrected chi connectivity index (χ2v) is 10.3. The molecule has 4 aliphatic rings. The van der Waals surface area contributed by atoms with Gasteiger partial charge in [-0.3, -0.25) is 14.4 Å². The van der Waals surface area contributed by atoms with E-state index in [4.69, 9.17) is 9.47 Å². The molecule has 0 unspecified atom stereocenters. The summed E-state index contributed by atoms with van der Waals surface area (Å²) in [7, 11) is 1.74. The van der Waals surface area contributed by atoms with E-state index in [0.29, 0.717) is 30.6 Å². The van der Waals surface area contributed by atoms with Crippen LogP contribution >= 0.6 is 0 Å². The van der Waals surface area contributed by atoms with E-state index in [1.165, 1.54) is 12.5 Å². The third-order valence-corrected chi connectivity index (χ3v) is 9.25. The third kappa shape index (κ3) is 2.72. The molecule has 4 aliphatic carbocycles. The highest BCUT2D eigenvalue weighted by atomic mass is 16.6. The number of Topliss-reactive ketones (excluding diaryl/α,β-unsaturated/α-hetero) is 1. The zero-order valence-corrected chi connectivity index (χ0v) is 18.4. The van der Waals surface area contributed by atoms with Crippen molar-refractivity contribution in [1.29, 1.82) is 0 Å². The first kappa shape index (κ1) is 20.8. The van der Waals surface area contributed by atoms with Crippen molar-refractivity contribution in [3.8, 4) is 0 Å². The van der Waals surface area contributed by atoms with Gasteiger partial charge in [0.15, 0.2) is 17.2 Å². The summed E-state index contributed by atoms with van der Waals surface area (Å²) in [5, 5.41) is 0. The molecule has 3 fully saturated rings. The zero-order valence-electron chi connectivity index (χ0n) is 18.4. The van der Waals surface area contributed by atoms with E-state index in [1.54, 1.807) is 14.0 Å². The standard InChI is InChI=1S/C24H34O5/c1-14(25)24(29-15(2)26)11-8-19-17-13-21(28-5)20-12-16(27)6-9-22(20,3)18(17)7-10-23(19,24)4/h12,17-19,21H,6-11,13H2,1-5H3/t17-,18+,19+,21+,22-,23+,24+/m1/s1. The Kier molecular flexibility index (Phi) is 4.84. The molecule has 0 heterocycles. The molecule has 3 saturated carbocycles. The molecule has 0 aromatic rings. The van der Waals surface area contributed by atoms with Crippen LogP contribution in [0.2, 0.25) is 0 Å². The molecule has 0 N–H and O–H groups in total. The fourth-order valence-electron chi connectivity index (χ4n) is 7.86. The van der Waals surface area contributed by atoms with Crippen molar-refractivity contribution in [2.24, 2.45) is 28.6 Å². The number of methoxy groups -OCH3 is 1. The average molecular weight is 403 g/mol. The maximum atomic E-state index is 12.8. The molecular formula is C24H34O5. The van der Waals surface area contributed by atoms with Crippen LogP contribution in [0.4, 0.5) is 0 Å². The monoisotopic (exact) mass is 402 g/mol. The van der Waals surface area contributed by atoms with Gasteiger partial charge in [0.2, 0.25) is 0 Å². The van der Waals surface area contributed by atoms with Gasteiger partial charge in [-0.15, -0.1) is 0 Å². The largest absolute Gasteiger partial charge is 0.451 e. The van der Waals surface area contributed by atoms with Gasteiger partial charge in [0.05, 0.1) is 6.10 Å². The van der Waals surface area contributed by atoms with E-state index in [-0.39, 0.29) is 34.5 Å². The van der Waals surface area contributed by atoms with Crippen molar-refractivity contribution in [1.82, 2.24) is 0 Å². The molecule has 7 atom stereocenters. The molecule has 5 nitrogen and oxygen atoms in total. The molecule has 0 bridgehead atoms. The number of ether oxygens (including phenoxy) is 2. The Balaban J connectivity index is 1.75. The molecule has 4 rings (SSSR count). The number of fused-ring (bicyclic) bond motifs is 5. The van der Waals surface area contributed by atoms with E-state index in [2.05, 4.69) is 13.8 Å². The number of ketones is 2. The lowest BCUT2D eigenvalue weighted by atomic mass is 9.45. The Morgan fingerprint density at radius 3 is 2.38 bits per heavy atom. The number of hydrogen-bond donors (Lipinski definition) is 0. The summed E-state index contributed by atoms with van der Waals surface area (Å²) in [6.45, 7) is 7.48. The SMILES string of the molecule is CO[C@H]1C[C@@H]2[C@H](CC[C@@]3(C)[C@H]2CC[C@]3(OC(C)=O)C(C)=O)[C@@]2(C)CCC(=O)C=C12. The van der Waals surface area contributed by atoms with Crippen molar-refractivity contribution in [2.75, 3.05) is 7.11 Å². The minimum absolute atomic E-state index is 0.0229. The number of carbonyl (C=O) groups is 3. The van der Waals surface area contributed by atoms with Crippen LogP contribution in [-0.2, 0) is 23.9 Å². The van der Waals surface area contributed by atoms with Gasteiger partial charge in [-0.1, -0.05) is 13.8 Å². The molecule has 0 amide bonds. The van der Waals surface area contributed by atoms with Gasteiger partial charge in [-0.05, 0) is 80.3 Å². The van der Waals surface area contributed by atoms with Crippen LogP contribution in [0, 0.1) is 28.6 Å². The number of esters is 1. The molecule has 160 valence electrons. The highest BCUT2D eigenvalue weighted by Gasteiger charge is 2.68. The van der Waals surface area contributed by atoms with E-state index >= 15 is 0 Å². The van der Waals surface area contributed by atoms with Crippen molar-refractivity contribution >= 4 is 17.5 Å². The van der Waals surface area contributed by atoms with E-state index in [0.717, 1.165) is 32.1 Å². The van der Waals surface area contributed by atoms with Crippen LogP contribution in [-0.4, -0.2) is 36.4 Å². The lowest BCUT2D eigenvalue weighted by molar-refractivity contribution is -0.188. The van der Waals surface area contributed by atoms with Gasteiger partial charge in [-0.2, -0.15) is 0 Å². The summed E-state index contributed by atoms with van der Waals surface area (Å²) >= 11 is 0. The molecule has 29 heavy (non-hydrogen) atoms. The van der Waals surface area contributed by atoms with Gasteiger partial charge < -0.3 is 9.47 Å². The molecule has 5 heteroatoms. The summed E-state index contributed by atoms with van der Waals surface area (Å²) in [4.78, 5) is 36.9. The van der Waals surface area contributed by atoms with Crippen LogP contribution in [0.3, 0.4) is 0 Å². The maximum Gasteiger partial charge on any atom is 0.303 e. The third-order valence-electron chi connectivity index (χ3n) is 9.25. The molecule has 0 aromatic carbocycles. The van der Waals surface area contributed by atoms with E-state index in [1.807, 2.05) is 6.08 Å². The van der Waals surface area contributed by atoms with Crippen molar-refractivity contribution in [2.45, 2.75) is 84.3 Å². The Morgan fingerprint density at radius 1 is 1.07 bits per heavy atom. The predicted octanol–water partition coefficient (Wildman–Crippen LogP) is 4.03. The molecular weight excluding hydrogens is 368 g/mol. The first-order valence-electron chi connectivity index (χ1n) is 11.1. The highest BCUT2D eigenvalue weighted by Crippen LogP contribution is 2.68. The van der Waals surface area contributed by atoms with Gasteiger partial charge in [-0.25, -0.2) is 0 Å². The molecule has 0 radical (unpaired) electrons. The van der Waals surface area contributed by atoms with Gasteiger partial charge in [0.1, 0.15) is 0 Å². The van der Waals surface area contributed by atoms with Gasteiger partial charge in [0.25, 0.3) is 0 Å². The fourth-order valence-corrected chi connectivity index (χ4v) is 7.86. The normalized spacial score (nSPS) is 46.2. The Bertz CT molecular complexity index is 784. The lowest BCUT2D eigenvalue weighted by Crippen LogP contribution is -2.60. The van der Waals surface area contributed by atoms with Crippen LogP contribution in [0.25, 0.3) is 0 Å². The van der Waals surface area contributed by atoms with Crippen molar-refractivity contribution in [3.05, 3.63) is 11.6 Å². The summed E-state index contributed by atoms with van der Waals surface area (Å²) in [5.74, 6) is 1.02. The minimum atomic E-state index is -1.00. The first-order chi connectivity index (χ1) is 13.6. The quantitative estimate of drug-likeness (QED) is 0.667. The van der Waals surface area contributed by atoms with E-state index < -0.39 is 5.60 Å². The van der Waals surface area contributed by atoms with Crippen molar-refractivity contribution in [3.63, 3.8) is 0 Å². The van der Waals surface area contributed by atoms with Crippen LogP contribution in [0.15, 0.2) is 11.6 Å².